The lowest BCUT2D eigenvalue weighted by atomic mass is 10.1. The van der Waals surface area contributed by atoms with Crippen molar-refractivity contribution in [1.29, 1.82) is 0 Å². The Balaban J connectivity index is 1.81. The second-order valence-electron chi connectivity index (χ2n) is 6.29. The smallest absolute Gasteiger partial charge is 0.416 e. The van der Waals surface area contributed by atoms with Crippen LogP contribution in [0.3, 0.4) is 0 Å². The van der Waals surface area contributed by atoms with E-state index in [1.807, 2.05) is 0 Å². The SMILES string of the molecule is O=C(NC[C@H](c1ccco1)S(=O)(=O)c1ccc(F)cc1)c1ccc(C(F)(F)F)cc1. The van der Waals surface area contributed by atoms with E-state index in [0.717, 1.165) is 48.5 Å². The molecule has 0 bridgehead atoms. The van der Waals surface area contributed by atoms with Crippen molar-refractivity contribution in [1.82, 2.24) is 5.32 Å². The van der Waals surface area contributed by atoms with Crippen LogP contribution in [0.1, 0.15) is 26.9 Å². The summed E-state index contributed by atoms with van der Waals surface area (Å²) in [5, 5.41) is 1.08. The molecule has 10 heteroatoms. The number of alkyl halides is 3. The molecule has 30 heavy (non-hydrogen) atoms. The molecule has 0 saturated heterocycles. The van der Waals surface area contributed by atoms with E-state index in [4.69, 9.17) is 4.42 Å². The Hall–Kier alpha value is -3.14. The molecule has 3 aromatic rings. The van der Waals surface area contributed by atoms with Crippen molar-refractivity contribution >= 4 is 15.7 Å². The summed E-state index contributed by atoms with van der Waals surface area (Å²) in [4.78, 5) is 12.1. The number of benzene rings is 2. The number of carbonyl (C=O) groups is 1. The first-order chi connectivity index (χ1) is 14.1. The van der Waals surface area contributed by atoms with Crippen LogP contribution in [-0.4, -0.2) is 20.9 Å². The first-order valence-corrected chi connectivity index (χ1v) is 10.1. The van der Waals surface area contributed by atoms with E-state index in [2.05, 4.69) is 5.32 Å². The van der Waals surface area contributed by atoms with E-state index in [1.165, 1.54) is 18.4 Å². The first-order valence-electron chi connectivity index (χ1n) is 8.57. The Morgan fingerprint density at radius 3 is 2.17 bits per heavy atom. The van der Waals surface area contributed by atoms with Crippen molar-refractivity contribution < 1.29 is 35.2 Å². The highest BCUT2D eigenvalue weighted by Gasteiger charge is 2.33. The summed E-state index contributed by atoms with van der Waals surface area (Å²) in [6.07, 6.45) is -3.27. The molecule has 2 aromatic carbocycles. The molecule has 1 aromatic heterocycles. The normalized spacial score (nSPS) is 13.1. The number of carbonyl (C=O) groups excluding carboxylic acids is 1. The number of hydrogen-bond donors (Lipinski definition) is 1. The summed E-state index contributed by atoms with van der Waals surface area (Å²) in [5.41, 5.74) is -0.980. The minimum atomic E-state index is -4.54. The molecule has 1 heterocycles. The van der Waals surface area contributed by atoms with Gasteiger partial charge in [0.25, 0.3) is 5.91 Å². The molecule has 3 rings (SSSR count). The number of amides is 1. The van der Waals surface area contributed by atoms with Crippen molar-refractivity contribution in [2.24, 2.45) is 0 Å². The fourth-order valence-corrected chi connectivity index (χ4v) is 4.31. The third-order valence-electron chi connectivity index (χ3n) is 4.30. The van der Waals surface area contributed by atoms with Crippen molar-refractivity contribution in [2.75, 3.05) is 6.54 Å². The van der Waals surface area contributed by atoms with Crippen molar-refractivity contribution in [2.45, 2.75) is 16.3 Å². The van der Waals surface area contributed by atoms with E-state index < -0.39 is 45.1 Å². The summed E-state index contributed by atoms with van der Waals surface area (Å²) >= 11 is 0. The highest BCUT2D eigenvalue weighted by atomic mass is 32.2. The van der Waals surface area contributed by atoms with Crippen molar-refractivity contribution in [3.63, 3.8) is 0 Å². The van der Waals surface area contributed by atoms with Gasteiger partial charge in [0.05, 0.1) is 16.7 Å². The van der Waals surface area contributed by atoms with Crippen LogP contribution in [0, 0.1) is 5.82 Å². The summed E-state index contributed by atoms with van der Waals surface area (Å²) < 4.78 is 82.3. The lowest BCUT2D eigenvalue weighted by molar-refractivity contribution is -0.137. The zero-order valence-corrected chi connectivity index (χ0v) is 16.0. The molecule has 0 unspecified atom stereocenters. The molecule has 0 saturated carbocycles. The van der Waals surface area contributed by atoms with Crippen LogP contribution in [0.2, 0.25) is 0 Å². The monoisotopic (exact) mass is 441 g/mol. The third kappa shape index (κ3) is 4.70. The van der Waals surface area contributed by atoms with Crippen LogP contribution >= 0.6 is 0 Å². The quantitative estimate of drug-likeness (QED) is 0.455. The summed E-state index contributed by atoms with van der Waals surface area (Å²) in [5.74, 6) is -1.32. The van der Waals surface area contributed by atoms with E-state index in [1.54, 1.807) is 0 Å². The fourth-order valence-electron chi connectivity index (χ4n) is 2.72. The van der Waals surface area contributed by atoms with E-state index in [0.29, 0.717) is 0 Å². The maximum atomic E-state index is 13.2. The molecular formula is C20H15F4NO4S. The van der Waals surface area contributed by atoms with Gasteiger partial charge in [0.1, 0.15) is 16.8 Å². The van der Waals surface area contributed by atoms with E-state index >= 15 is 0 Å². The average Bonchev–Trinajstić information content (AvgIpc) is 3.22. The minimum Gasteiger partial charge on any atom is -0.468 e. The number of sulfone groups is 1. The lowest BCUT2D eigenvalue weighted by Gasteiger charge is -2.17. The van der Waals surface area contributed by atoms with Gasteiger partial charge >= 0.3 is 6.18 Å². The zero-order chi connectivity index (χ0) is 21.9. The van der Waals surface area contributed by atoms with Crippen LogP contribution in [0.5, 0.6) is 0 Å². The summed E-state index contributed by atoms with van der Waals surface area (Å²) in [7, 11) is -4.07. The standard InChI is InChI=1S/C20H15F4NO4S/c21-15-7-9-16(10-8-15)30(27,28)18(17-2-1-11-29-17)12-25-19(26)13-3-5-14(6-4-13)20(22,23)24/h1-11,18H,12H2,(H,25,26)/t18-/m1/s1. The Morgan fingerprint density at radius 2 is 1.63 bits per heavy atom. The van der Waals surface area contributed by atoms with Crippen LogP contribution in [0.4, 0.5) is 17.6 Å². The van der Waals surface area contributed by atoms with Crippen LogP contribution in [0.15, 0.2) is 76.2 Å². The Morgan fingerprint density at radius 1 is 1.00 bits per heavy atom. The molecule has 1 N–H and O–H groups in total. The summed E-state index contributed by atoms with van der Waals surface area (Å²) in [6.45, 7) is -0.410. The molecule has 0 fully saturated rings. The van der Waals surface area contributed by atoms with Gasteiger partial charge in [-0.3, -0.25) is 4.79 Å². The van der Waals surface area contributed by atoms with E-state index in [9.17, 15) is 30.8 Å². The van der Waals surface area contributed by atoms with Gasteiger partial charge in [-0.2, -0.15) is 13.2 Å². The maximum absolute atomic E-state index is 13.2. The molecule has 0 spiro atoms. The van der Waals surface area contributed by atoms with Gasteiger partial charge in [-0.05, 0) is 60.7 Å². The molecule has 0 radical (unpaired) electrons. The van der Waals surface area contributed by atoms with Gasteiger partial charge in [0.15, 0.2) is 9.84 Å². The van der Waals surface area contributed by atoms with Crippen LogP contribution < -0.4 is 5.32 Å². The van der Waals surface area contributed by atoms with Gasteiger partial charge in [-0.15, -0.1) is 0 Å². The largest absolute Gasteiger partial charge is 0.468 e. The Kier molecular flexibility index (Phi) is 5.97. The van der Waals surface area contributed by atoms with Gasteiger partial charge in [-0.1, -0.05) is 0 Å². The molecule has 158 valence electrons. The Labute approximate surface area is 169 Å². The molecule has 1 amide bonds. The van der Waals surface area contributed by atoms with Crippen LogP contribution in [-0.2, 0) is 16.0 Å². The fraction of sp³-hybridized carbons (Fsp3) is 0.150. The summed E-state index contributed by atoms with van der Waals surface area (Å²) in [6, 6.07) is 10.6. The predicted molar refractivity (Wildman–Crippen MR) is 98.8 cm³/mol. The zero-order valence-electron chi connectivity index (χ0n) is 15.2. The number of rotatable bonds is 6. The highest BCUT2D eigenvalue weighted by Crippen LogP contribution is 2.30. The molecule has 1 atom stereocenters. The average molecular weight is 441 g/mol. The highest BCUT2D eigenvalue weighted by molar-refractivity contribution is 7.91. The van der Waals surface area contributed by atoms with Gasteiger partial charge in [0, 0.05) is 12.1 Å². The van der Waals surface area contributed by atoms with Gasteiger partial charge in [-0.25, -0.2) is 12.8 Å². The maximum Gasteiger partial charge on any atom is 0.416 e. The van der Waals surface area contributed by atoms with Crippen LogP contribution in [0.25, 0.3) is 0 Å². The predicted octanol–water partition coefficient (Wildman–Crippen LogP) is 4.38. The number of hydrogen-bond acceptors (Lipinski definition) is 4. The molecule has 0 aliphatic rings. The number of furan rings is 1. The second kappa shape index (κ2) is 8.31. The molecule has 0 aliphatic carbocycles. The minimum absolute atomic E-state index is 0.0482. The number of nitrogens with one attached hydrogen (secondary N) is 1. The van der Waals surface area contributed by atoms with Gasteiger partial charge < -0.3 is 9.73 Å². The number of halogens is 4. The van der Waals surface area contributed by atoms with Crippen molar-refractivity contribution in [3.05, 3.63) is 89.6 Å². The first kappa shape index (κ1) is 21.6. The molecule has 0 aliphatic heterocycles. The lowest BCUT2D eigenvalue weighted by Crippen LogP contribution is -2.31. The van der Waals surface area contributed by atoms with Gasteiger partial charge in [0.2, 0.25) is 0 Å². The van der Waals surface area contributed by atoms with E-state index in [-0.39, 0.29) is 16.2 Å². The topological polar surface area (TPSA) is 76.4 Å². The van der Waals surface area contributed by atoms with Crippen molar-refractivity contribution in [3.8, 4) is 0 Å². The molecular weight excluding hydrogens is 426 g/mol. The second-order valence-corrected chi connectivity index (χ2v) is 8.42. The molecule has 5 nitrogen and oxygen atoms in total. The Bertz CT molecular complexity index is 1110. The third-order valence-corrected chi connectivity index (χ3v) is 6.38.